The molecule has 26 heavy (non-hydrogen) atoms. The molecule has 7 heteroatoms. The van der Waals surface area contributed by atoms with Gasteiger partial charge in [-0.2, -0.15) is 4.98 Å². The maximum atomic E-state index is 12.7. The molecule has 2 heterocycles. The van der Waals surface area contributed by atoms with Gasteiger partial charge in [-0.15, -0.1) is 0 Å². The van der Waals surface area contributed by atoms with Crippen molar-refractivity contribution in [3.05, 3.63) is 30.2 Å². The van der Waals surface area contributed by atoms with Gasteiger partial charge in [-0.25, -0.2) is 4.79 Å². The van der Waals surface area contributed by atoms with Crippen molar-refractivity contribution in [1.82, 2.24) is 20.4 Å². The highest BCUT2D eigenvalue weighted by Gasteiger charge is 2.33. The minimum absolute atomic E-state index is 0.0941. The second kappa shape index (κ2) is 7.35. The predicted octanol–water partition coefficient (Wildman–Crippen LogP) is 3.78. The summed E-state index contributed by atoms with van der Waals surface area (Å²) < 4.78 is 10.8. The van der Waals surface area contributed by atoms with Crippen LogP contribution in [0, 0.1) is 0 Å². The average molecular weight is 358 g/mol. The van der Waals surface area contributed by atoms with Crippen molar-refractivity contribution < 1.29 is 14.1 Å². The van der Waals surface area contributed by atoms with Crippen LogP contribution in [0.4, 0.5) is 4.79 Å². The molecule has 0 radical (unpaired) electrons. The molecule has 0 unspecified atom stereocenters. The highest BCUT2D eigenvalue weighted by Crippen LogP contribution is 2.31. The molecule has 0 aliphatic carbocycles. The van der Waals surface area contributed by atoms with Crippen LogP contribution in [0.15, 0.2) is 28.8 Å². The van der Waals surface area contributed by atoms with Crippen molar-refractivity contribution in [2.45, 2.75) is 51.6 Å². The summed E-state index contributed by atoms with van der Waals surface area (Å²) in [6.07, 6.45) is 2.82. The zero-order valence-electron chi connectivity index (χ0n) is 15.8. The molecule has 1 saturated heterocycles. The van der Waals surface area contributed by atoms with E-state index in [1.165, 1.54) is 0 Å². The summed E-state index contributed by atoms with van der Waals surface area (Å²) >= 11 is 0. The molecule has 0 bridgehead atoms. The Balaban J connectivity index is 1.82. The number of ether oxygens (including phenoxy) is 1. The van der Waals surface area contributed by atoms with E-state index in [4.69, 9.17) is 9.26 Å². The highest BCUT2D eigenvalue weighted by atomic mass is 16.5. The van der Waals surface area contributed by atoms with Crippen LogP contribution in [-0.4, -0.2) is 40.3 Å². The number of carbonyl (C=O) groups is 1. The maximum Gasteiger partial charge on any atom is 0.318 e. The Kier molecular flexibility index (Phi) is 5.15. The van der Waals surface area contributed by atoms with Crippen LogP contribution in [0.25, 0.3) is 11.4 Å². The van der Waals surface area contributed by atoms with Gasteiger partial charge in [0.15, 0.2) is 0 Å². The minimum atomic E-state index is -0.292. The molecule has 7 nitrogen and oxygen atoms in total. The molecule has 0 saturated carbocycles. The van der Waals surface area contributed by atoms with Crippen LogP contribution >= 0.6 is 0 Å². The second-order valence-corrected chi connectivity index (χ2v) is 7.57. The number of hydrogen-bond donors (Lipinski definition) is 1. The Morgan fingerprint density at radius 1 is 1.35 bits per heavy atom. The van der Waals surface area contributed by atoms with E-state index in [1.807, 2.05) is 45.0 Å². The van der Waals surface area contributed by atoms with Gasteiger partial charge in [0, 0.05) is 17.6 Å². The van der Waals surface area contributed by atoms with E-state index >= 15 is 0 Å². The van der Waals surface area contributed by atoms with Crippen molar-refractivity contribution in [2.75, 3.05) is 13.7 Å². The Bertz CT molecular complexity index is 766. The highest BCUT2D eigenvalue weighted by molar-refractivity contribution is 5.75. The van der Waals surface area contributed by atoms with Gasteiger partial charge in [0.25, 0.3) is 0 Å². The lowest BCUT2D eigenvalue weighted by molar-refractivity contribution is 0.126. The molecule has 1 aromatic heterocycles. The number of urea groups is 1. The number of rotatable bonds is 3. The fourth-order valence-electron chi connectivity index (χ4n) is 3.07. The third-order valence-corrected chi connectivity index (χ3v) is 4.30. The van der Waals surface area contributed by atoms with Crippen molar-refractivity contribution >= 4 is 6.03 Å². The van der Waals surface area contributed by atoms with Gasteiger partial charge < -0.3 is 19.5 Å². The van der Waals surface area contributed by atoms with Gasteiger partial charge in [0.1, 0.15) is 11.8 Å². The lowest BCUT2D eigenvalue weighted by atomic mass is 10.0. The number of likely N-dealkylation sites (tertiary alicyclic amines) is 1. The molecule has 1 aliphatic rings. The fourth-order valence-corrected chi connectivity index (χ4v) is 3.07. The molecule has 1 atom stereocenters. The number of amides is 2. The molecule has 0 spiro atoms. The third kappa shape index (κ3) is 4.15. The lowest BCUT2D eigenvalue weighted by Crippen LogP contribution is -2.50. The van der Waals surface area contributed by atoms with Crippen LogP contribution < -0.4 is 10.1 Å². The molecule has 3 rings (SSSR count). The molecule has 1 aliphatic heterocycles. The molecular weight excluding hydrogens is 332 g/mol. The van der Waals surface area contributed by atoms with E-state index < -0.39 is 0 Å². The summed E-state index contributed by atoms with van der Waals surface area (Å²) in [5, 5.41) is 7.13. The quantitative estimate of drug-likeness (QED) is 0.903. The summed E-state index contributed by atoms with van der Waals surface area (Å²) in [4.78, 5) is 19.0. The van der Waals surface area contributed by atoms with Crippen molar-refractivity contribution in [3.8, 4) is 17.1 Å². The first kappa shape index (κ1) is 18.2. The summed E-state index contributed by atoms with van der Waals surface area (Å²) in [5.41, 5.74) is 0.528. The Hall–Kier alpha value is -2.57. The summed E-state index contributed by atoms with van der Waals surface area (Å²) in [7, 11) is 1.62. The number of nitrogens with zero attached hydrogens (tertiary/aromatic N) is 3. The number of carbonyl (C=O) groups excluding carboxylic acids is 1. The SMILES string of the molecule is COc1cccc(-c2noc([C@H]3CCCCN3C(=O)NC(C)(C)C)n2)c1. The first-order chi connectivity index (χ1) is 12.4. The van der Waals surface area contributed by atoms with Crippen LogP contribution in [0.3, 0.4) is 0 Å². The first-order valence-electron chi connectivity index (χ1n) is 8.94. The van der Waals surface area contributed by atoms with Gasteiger partial charge in [-0.1, -0.05) is 17.3 Å². The van der Waals surface area contributed by atoms with Gasteiger partial charge in [-0.05, 0) is 52.2 Å². The molecule has 140 valence electrons. The number of piperidine rings is 1. The number of nitrogens with one attached hydrogen (secondary N) is 1. The molecule has 2 aromatic rings. The number of benzene rings is 1. The largest absolute Gasteiger partial charge is 0.497 e. The maximum absolute atomic E-state index is 12.7. The van der Waals surface area contributed by atoms with Crippen molar-refractivity contribution in [3.63, 3.8) is 0 Å². The number of hydrogen-bond acceptors (Lipinski definition) is 5. The number of methoxy groups -OCH3 is 1. The minimum Gasteiger partial charge on any atom is -0.497 e. The average Bonchev–Trinajstić information content (AvgIpc) is 3.10. The van der Waals surface area contributed by atoms with E-state index in [0.717, 1.165) is 30.6 Å². The van der Waals surface area contributed by atoms with Gasteiger partial charge >= 0.3 is 6.03 Å². The fraction of sp³-hybridized carbons (Fsp3) is 0.526. The Morgan fingerprint density at radius 3 is 2.88 bits per heavy atom. The van der Waals surface area contributed by atoms with E-state index in [9.17, 15) is 4.79 Å². The van der Waals surface area contributed by atoms with E-state index in [2.05, 4.69) is 15.5 Å². The monoisotopic (exact) mass is 358 g/mol. The summed E-state index contributed by atoms with van der Waals surface area (Å²) in [5.74, 6) is 1.71. The van der Waals surface area contributed by atoms with Gasteiger partial charge in [0.05, 0.1) is 7.11 Å². The smallest absolute Gasteiger partial charge is 0.318 e. The zero-order chi connectivity index (χ0) is 18.7. The molecule has 1 N–H and O–H groups in total. The second-order valence-electron chi connectivity index (χ2n) is 7.57. The van der Waals surface area contributed by atoms with Crippen LogP contribution in [-0.2, 0) is 0 Å². The van der Waals surface area contributed by atoms with E-state index in [-0.39, 0.29) is 17.6 Å². The molecule has 2 amide bonds. The molecular formula is C19H26N4O3. The lowest BCUT2D eigenvalue weighted by Gasteiger charge is -2.35. The Morgan fingerprint density at radius 2 is 2.15 bits per heavy atom. The van der Waals surface area contributed by atoms with Gasteiger partial charge in [0.2, 0.25) is 11.7 Å². The zero-order valence-corrected chi connectivity index (χ0v) is 15.8. The van der Waals surface area contributed by atoms with Crippen LogP contribution in [0.1, 0.15) is 52.0 Å². The van der Waals surface area contributed by atoms with Gasteiger partial charge in [-0.3, -0.25) is 0 Å². The summed E-state index contributed by atoms with van der Waals surface area (Å²) in [6.45, 7) is 6.59. The normalized spacial score (nSPS) is 17.8. The summed E-state index contributed by atoms with van der Waals surface area (Å²) in [6, 6.07) is 7.22. The van der Waals surface area contributed by atoms with Crippen LogP contribution in [0.2, 0.25) is 0 Å². The third-order valence-electron chi connectivity index (χ3n) is 4.30. The van der Waals surface area contributed by atoms with Crippen molar-refractivity contribution in [2.24, 2.45) is 0 Å². The molecule has 1 aromatic carbocycles. The molecule has 1 fully saturated rings. The predicted molar refractivity (Wildman–Crippen MR) is 97.9 cm³/mol. The Labute approximate surface area is 153 Å². The van der Waals surface area contributed by atoms with Crippen LogP contribution in [0.5, 0.6) is 5.75 Å². The van der Waals surface area contributed by atoms with E-state index in [1.54, 1.807) is 12.0 Å². The standard InChI is InChI=1S/C19H26N4O3/c1-19(2,3)21-18(24)23-11-6-5-10-15(23)17-20-16(22-26-17)13-8-7-9-14(12-13)25-4/h7-9,12,15H,5-6,10-11H2,1-4H3,(H,21,24)/t15-/m1/s1. The van der Waals surface area contributed by atoms with E-state index in [0.29, 0.717) is 18.3 Å². The van der Waals surface area contributed by atoms with Crippen molar-refractivity contribution in [1.29, 1.82) is 0 Å². The first-order valence-corrected chi connectivity index (χ1v) is 8.94. The topological polar surface area (TPSA) is 80.5 Å². The number of aromatic nitrogens is 2.